The third-order valence-corrected chi connectivity index (χ3v) is 6.78. The Morgan fingerprint density at radius 2 is 2.03 bits per heavy atom. The first-order chi connectivity index (χ1) is 16.2. The maximum atomic E-state index is 14.8. The van der Waals surface area contributed by atoms with E-state index in [2.05, 4.69) is 10.3 Å². The van der Waals surface area contributed by atoms with Crippen molar-refractivity contribution >= 4 is 12.0 Å². The van der Waals surface area contributed by atoms with E-state index in [1.165, 1.54) is 19.4 Å². The predicted octanol–water partition coefficient (Wildman–Crippen LogP) is 3.26. The van der Waals surface area contributed by atoms with Crippen molar-refractivity contribution < 1.29 is 23.5 Å². The third-order valence-electron chi connectivity index (χ3n) is 6.78. The molecule has 2 amide bonds. The van der Waals surface area contributed by atoms with Gasteiger partial charge in [-0.1, -0.05) is 6.07 Å². The Labute approximate surface area is 198 Å². The minimum atomic E-state index is -0.559. The molecule has 180 valence electrons. The van der Waals surface area contributed by atoms with Crippen molar-refractivity contribution in [2.45, 2.75) is 39.1 Å². The second kappa shape index (κ2) is 8.23. The lowest BCUT2D eigenvalue weighted by atomic mass is 9.97. The highest BCUT2D eigenvalue weighted by Gasteiger charge is 2.49. The maximum Gasteiger partial charge on any atom is 0.410 e. The van der Waals surface area contributed by atoms with Gasteiger partial charge in [0.1, 0.15) is 17.2 Å². The van der Waals surface area contributed by atoms with Crippen molar-refractivity contribution in [1.29, 1.82) is 0 Å². The average Bonchev–Trinajstić information content (AvgIpc) is 3.45. The van der Waals surface area contributed by atoms with E-state index in [9.17, 15) is 14.0 Å². The summed E-state index contributed by atoms with van der Waals surface area (Å²) in [5, 5.41) is 3.47. The van der Waals surface area contributed by atoms with Crippen LogP contribution in [-0.4, -0.2) is 65.3 Å². The van der Waals surface area contributed by atoms with Crippen LogP contribution in [-0.2, 0) is 11.3 Å². The molecular formula is C25H29FN4O4. The molecule has 3 aliphatic heterocycles. The first kappa shape index (κ1) is 22.6. The molecular weight excluding hydrogens is 439 g/mol. The van der Waals surface area contributed by atoms with Crippen LogP contribution in [0.1, 0.15) is 36.7 Å². The SMILES string of the molecule is COc1cccc(F)c1-c1nccc2c1CN(C1NCC3CN(C(=O)OC(C)(C)C)CC31)C2=O. The van der Waals surface area contributed by atoms with Gasteiger partial charge in [-0.2, -0.15) is 0 Å². The number of carbonyl (C=O) groups excluding carboxylic acids is 2. The molecule has 3 atom stereocenters. The Kier molecular flexibility index (Phi) is 5.47. The van der Waals surface area contributed by atoms with Crippen molar-refractivity contribution in [1.82, 2.24) is 20.1 Å². The van der Waals surface area contributed by atoms with Crippen LogP contribution in [0.15, 0.2) is 30.5 Å². The fourth-order valence-corrected chi connectivity index (χ4v) is 5.30. The molecule has 4 heterocycles. The summed E-state index contributed by atoms with van der Waals surface area (Å²) >= 11 is 0. The Balaban J connectivity index is 1.40. The van der Waals surface area contributed by atoms with Gasteiger partial charge in [0.25, 0.3) is 5.91 Å². The summed E-state index contributed by atoms with van der Waals surface area (Å²) in [5.74, 6) is 0.120. The molecule has 1 aromatic heterocycles. The number of hydrogen-bond donors (Lipinski definition) is 1. The van der Waals surface area contributed by atoms with Crippen LogP contribution in [0.2, 0.25) is 0 Å². The van der Waals surface area contributed by atoms with Gasteiger partial charge in [0, 0.05) is 42.9 Å². The second-order valence-corrected chi connectivity index (χ2v) is 10.1. The van der Waals surface area contributed by atoms with Gasteiger partial charge in [-0.05, 0) is 44.9 Å². The number of amides is 2. The molecule has 0 radical (unpaired) electrons. The molecule has 3 aliphatic rings. The lowest BCUT2D eigenvalue weighted by Crippen LogP contribution is -2.48. The Hall–Kier alpha value is -3.20. The first-order valence-electron chi connectivity index (χ1n) is 11.5. The number of methoxy groups -OCH3 is 1. The van der Waals surface area contributed by atoms with Gasteiger partial charge >= 0.3 is 6.09 Å². The summed E-state index contributed by atoms with van der Waals surface area (Å²) in [6, 6.07) is 6.31. The molecule has 0 saturated carbocycles. The van der Waals surface area contributed by atoms with Gasteiger partial charge in [0.05, 0.1) is 31.1 Å². The number of halogens is 1. The fraction of sp³-hybridized carbons (Fsp3) is 0.480. The highest BCUT2D eigenvalue weighted by Crippen LogP contribution is 2.40. The van der Waals surface area contributed by atoms with Crippen molar-refractivity contribution in [2.75, 3.05) is 26.7 Å². The van der Waals surface area contributed by atoms with Crippen molar-refractivity contribution in [3.63, 3.8) is 0 Å². The van der Waals surface area contributed by atoms with Crippen LogP contribution in [0.25, 0.3) is 11.3 Å². The Bertz CT molecular complexity index is 1150. The minimum absolute atomic E-state index is 0.0881. The van der Waals surface area contributed by atoms with E-state index in [1.807, 2.05) is 20.8 Å². The number of nitrogens with one attached hydrogen (secondary N) is 1. The Morgan fingerprint density at radius 1 is 1.24 bits per heavy atom. The summed E-state index contributed by atoms with van der Waals surface area (Å²) in [7, 11) is 1.48. The van der Waals surface area contributed by atoms with Crippen LogP contribution < -0.4 is 10.1 Å². The van der Waals surface area contributed by atoms with E-state index in [0.717, 1.165) is 0 Å². The molecule has 9 heteroatoms. The van der Waals surface area contributed by atoms with Crippen LogP contribution >= 0.6 is 0 Å². The number of pyridine rings is 1. The largest absolute Gasteiger partial charge is 0.496 e. The topological polar surface area (TPSA) is 84.0 Å². The van der Waals surface area contributed by atoms with E-state index in [0.29, 0.717) is 48.7 Å². The number of likely N-dealkylation sites (tertiary alicyclic amines) is 1. The molecule has 2 fully saturated rings. The molecule has 1 aromatic carbocycles. The van der Waals surface area contributed by atoms with Gasteiger partial charge in [-0.25, -0.2) is 9.18 Å². The molecule has 0 bridgehead atoms. The smallest absolute Gasteiger partial charge is 0.410 e. The number of aromatic nitrogens is 1. The number of nitrogens with zero attached hydrogens (tertiary/aromatic N) is 3. The van der Waals surface area contributed by atoms with Gasteiger partial charge in [0.2, 0.25) is 0 Å². The Morgan fingerprint density at radius 3 is 2.76 bits per heavy atom. The zero-order valence-corrected chi connectivity index (χ0v) is 19.8. The molecule has 1 N–H and O–H groups in total. The number of benzene rings is 1. The monoisotopic (exact) mass is 468 g/mol. The number of carbonyl (C=O) groups is 2. The zero-order chi connectivity index (χ0) is 24.2. The summed E-state index contributed by atoms with van der Waals surface area (Å²) < 4.78 is 25.7. The van der Waals surface area contributed by atoms with Crippen LogP contribution in [0.3, 0.4) is 0 Å². The molecule has 8 nitrogen and oxygen atoms in total. The summed E-state index contributed by atoms with van der Waals surface area (Å²) in [5.41, 5.74) is 1.31. The van der Waals surface area contributed by atoms with Crippen molar-refractivity contribution in [3.05, 3.63) is 47.4 Å². The first-order valence-corrected chi connectivity index (χ1v) is 11.5. The van der Waals surface area contributed by atoms with E-state index in [-0.39, 0.29) is 35.6 Å². The van der Waals surface area contributed by atoms with Crippen LogP contribution in [0.4, 0.5) is 9.18 Å². The average molecular weight is 469 g/mol. The summed E-state index contributed by atoms with van der Waals surface area (Å²) in [6.07, 6.45) is 0.981. The van der Waals surface area contributed by atoms with Crippen LogP contribution in [0.5, 0.6) is 5.75 Å². The van der Waals surface area contributed by atoms with Crippen molar-refractivity contribution in [3.8, 4) is 17.0 Å². The number of fused-ring (bicyclic) bond motifs is 2. The molecule has 0 aliphatic carbocycles. The highest BCUT2D eigenvalue weighted by molar-refractivity contribution is 6.00. The maximum absolute atomic E-state index is 14.8. The third kappa shape index (κ3) is 3.77. The normalized spacial score (nSPS) is 23.8. The molecule has 2 aromatic rings. The van der Waals surface area contributed by atoms with Crippen LogP contribution in [0, 0.1) is 17.7 Å². The number of hydrogen-bond acceptors (Lipinski definition) is 6. The molecule has 5 rings (SSSR count). The van der Waals surface area contributed by atoms with Gasteiger partial charge in [-0.15, -0.1) is 0 Å². The summed E-state index contributed by atoms with van der Waals surface area (Å²) in [4.78, 5) is 34.0. The molecule has 3 unspecified atom stereocenters. The van der Waals surface area contributed by atoms with Gasteiger partial charge in [0.15, 0.2) is 0 Å². The highest BCUT2D eigenvalue weighted by atomic mass is 19.1. The van der Waals surface area contributed by atoms with Crippen molar-refractivity contribution in [2.24, 2.45) is 11.8 Å². The fourth-order valence-electron chi connectivity index (χ4n) is 5.30. The second-order valence-electron chi connectivity index (χ2n) is 10.1. The summed E-state index contributed by atoms with van der Waals surface area (Å²) in [6.45, 7) is 7.68. The number of ether oxygens (including phenoxy) is 2. The molecule has 0 spiro atoms. The lowest BCUT2D eigenvalue weighted by molar-refractivity contribution is 0.0268. The predicted molar refractivity (Wildman–Crippen MR) is 123 cm³/mol. The van der Waals surface area contributed by atoms with E-state index >= 15 is 0 Å². The number of rotatable bonds is 3. The molecule has 2 saturated heterocycles. The standard InChI is InChI=1S/C25H29FN4O4/c1-25(2,3)34-24(32)29-11-14-10-28-22(16(14)12-29)30-13-17-15(23(30)31)8-9-27-21(17)20-18(26)6-5-7-19(20)33-4/h5-9,14,16,22,28H,10-13H2,1-4H3. The quantitative estimate of drug-likeness (QED) is 0.745. The molecule has 34 heavy (non-hydrogen) atoms. The van der Waals surface area contributed by atoms with E-state index < -0.39 is 11.4 Å². The van der Waals surface area contributed by atoms with Gasteiger partial charge in [-0.3, -0.25) is 15.1 Å². The van der Waals surface area contributed by atoms with E-state index in [4.69, 9.17) is 9.47 Å². The van der Waals surface area contributed by atoms with Gasteiger partial charge < -0.3 is 19.3 Å². The minimum Gasteiger partial charge on any atom is -0.496 e. The zero-order valence-electron chi connectivity index (χ0n) is 19.8. The van der Waals surface area contributed by atoms with E-state index in [1.54, 1.807) is 28.0 Å². The lowest BCUT2D eigenvalue weighted by Gasteiger charge is -2.30.